The molecule has 1 aliphatic carbocycles. The van der Waals surface area contributed by atoms with Gasteiger partial charge in [-0.15, -0.1) is 0 Å². The van der Waals surface area contributed by atoms with E-state index in [0.717, 1.165) is 50.1 Å². The van der Waals surface area contributed by atoms with Crippen LogP contribution in [-0.2, 0) is 10.2 Å². The number of hydrogen-bond acceptors (Lipinski definition) is 3. The molecule has 132 valence electrons. The van der Waals surface area contributed by atoms with Gasteiger partial charge in [-0.1, -0.05) is 12.1 Å². The molecule has 2 heterocycles. The highest BCUT2D eigenvalue weighted by Gasteiger charge is 2.53. The number of benzene rings is 1. The van der Waals surface area contributed by atoms with Gasteiger partial charge < -0.3 is 9.64 Å². The maximum atomic E-state index is 13.3. The fourth-order valence-electron chi connectivity index (χ4n) is 4.13. The molecule has 5 nitrogen and oxygen atoms in total. The highest BCUT2D eigenvalue weighted by Crippen LogP contribution is 2.50. The molecule has 1 amide bonds. The summed E-state index contributed by atoms with van der Waals surface area (Å²) in [6, 6.07) is 8.00. The summed E-state index contributed by atoms with van der Waals surface area (Å²) in [6.07, 6.45) is 5.93. The number of hydrogen-bond donors (Lipinski definition) is 1. The van der Waals surface area contributed by atoms with E-state index in [-0.39, 0.29) is 5.41 Å². The number of nitrogens with zero attached hydrogens (tertiary/aromatic N) is 2. The molecule has 0 spiro atoms. The molecule has 0 unspecified atom stereocenters. The van der Waals surface area contributed by atoms with Gasteiger partial charge in [-0.3, -0.25) is 9.89 Å². The molecular formula is C20H25N3O2. The second-order valence-corrected chi connectivity index (χ2v) is 7.37. The lowest BCUT2D eigenvalue weighted by Crippen LogP contribution is -2.44. The largest absolute Gasteiger partial charge is 0.497 e. The molecule has 0 radical (unpaired) electrons. The molecule has 1 saturated heterocycles. The van der Waals surface area contributed by atoms with E-state index < -0.39 is 0 Å². The zero-order valence-electron chi connectivity index (χ0n) is 14.9. The van der Waals surface area contributed by atoms with Gasteiger partial charge in [0.05, 0.1) is 18.7 Å². The van der Waals surface area contributed by atoms with Crippen LogP contribution in [0.5, 0.6) is 5.75 Å². The predicted octanol–water partition coefficient (Wildman–Crippen LogP) is 3.16. The topological polar surface area (TPSA) is 58.2 Å². The lowest BCUT2D eigenvalue weighted by atomic mass is 9.89. The molecule has 1 aromatic heterocycles. The number of aromatic nitrogens is 2. The van der Waals surface area contributed by atoms with Crippen LogP contribution in [0.2, 0.25) is 0 Å². The van der Waals surface area contributed by atoms with E-state index in [1.807, 2.05) is 30.5 Å². The molecule has 0 bridgehead atoms. The van der Waals surface area contributed by atoms with Crippen LogP contribution >= 0.6 is 0 Å². The Hall–Kier alpha value is -2.30. The number of carbonyl (C=O) groups excluding carboxylic acids is 1. The number of methoxy groups -OCH3 is 1. The molecule has 4 rings (SSSR count). The number of piperidine rings is 1. The first kappa shape index (κ1) is 16.2. The van der Waals surface area contributed by atoms with Crippen molar-refractivity contribution < 1.29 is 9.53 Å². The van der Waals surface area contributed by atoms with Crippen molar-refractivity contribution >= 4 is 5.91 Å². The Bertz CT molecular complexity index is 762. The van der Waals surface area contributed by atoms with Gasteiger partial charge in [0.2, 0.25) is 5.91 Å². The molecule has 1 atom stereocenters. The van der Waals surface area contributed by atoms with E-state index in [1.165, 1.54) is 11.3 Å². The average molecular weight is 339 g/mol. The van der Waals surface area contributed by atoms with E-state index in [4.69, 9.17) is 4.74 Å². The van der Waals surface area contributed by atoms with Gasteiger partial charge in [0, 0.05) is 24.7 Å². The zero-order valence-corrected chi connectivity index (χ0v) is 14.9. The second kappa shape index (κ2) is 6.21. The summed E-state index contributed by atoms with van der Waals surface area (Å²) in [6.45, 7) is 3.74. The summed E-state index contributed by atoms with van der Waals surface area (Å²) in [7, 11) is 1.67. The van der Waals surface area contributed by atoms with Crippen LogP contribution in [0.15, 0.2) is 30.5 Å². The molecule has 2 aromatic rings. The molecule has 1 aliphatic heterocycles. The zero-order chi connectivity index (χ0) is 17.4. The first-order valence-electron chi connectivity index (χ1n) is 9.08. The lowest BCUT2D eigenvalue weighted by molar-refractivity contribution is -0.135. The quantitative estimate of drug-likeness (QED) is 0.931. The van der Waals surface area contributed by atoms with E-state index in [0.29, 0.717) is 11.8 Å². The third kappa shape index (κ3) is 2.81. The average Bonchev–Trinajstić information content (AvgIpc) is 3.36. The highest BCUT2D eigenvalue weighted by molar-refractivity contribution is 5.91. The minimum Gasteiger partial charge on any atom is -0.497 e. The normalized spacial score (nSPS) is 21.8. The van der Waals surface area contributed by atoms with E-state index >= 15 is 0 Å². The number of carbonyl (C=O) groups is 1. The van der Waals surface area contributed by atoms with Gasteiger partial charge in [-0.25, -0.2) is 0 Å². The van der Waals surface area contributed by atoms with Crippen molar-refractivity contribution in [2.75, 3.05) is 20.2 Å². The van der Waals surface area contributed by atoms with Gasteiger partial charge in [0.15, 0.2) is 0 Å². The first-order valence-corrected chi connectivity index (χ1v) is 9.08. The number of likely N-dealkylation sites (tertiary alicyclic amines) is 1. The van der Waals surface area contributed by atoms with Crippen LogP contribution in [-0.4, -0.2) is 41.2 Å². The van der Waals surface area contributed by atoms with Crippen molar-refractivity contribution in [2.45, 2.75) is 43.9 Å². The standard InChI is InChI=1S/C20H25N3O2/c1-14-12-21-22-18(14)15-4-3-11-23(13-15)19(24)20(9-10-20)16-5-7-17(25-2)8-6-16/h5-8,12,15H,3-4,9-11,13H2,1-2H3,(H,21,22)/t15-/m1/s1. The smallest absolute Gasteiger partial charge is 0.233 e. The van der Waals surface area contributed by atoms with Gasteiger partial charge in [-0.05, 0) is 55.9 Å². The van der Waals surface area contributed by atoms with Gasteiger partial charge in [0.1, 0.15) is 5.75 Å². The minimum atomic E-state index is -0.308. The van der Waals surface area contributed by atoms with Crippen LogP contribution < -0.4 is 4.74 Å². The Morgan fingerprint density at radius 2 is 2.08 bits per heavy atom. The maximum Gasteiger partial charge on any atom is 0.233 e. The van der Waals surface area contributed by atoms with Crippen LogP contribution in [0.1, 0.15) is 48.4 Å². The second-order valence-electron chi connectivity index (χ2n) is 7.37. The number of ether oxygens (including phenoxy) is 1. The summed E-state index contributed by atoms with van der Waals surface area (Å²) in [4.78, 5) is 15.4. The van der Waals surface area contributed by atoms with Crippen LogP contribution in [0.4, 0.5) is 0 Å². The first-order chi connectivity index (χ1) is 12.1. The predicted molar refractivity (Wildman–Crippen MR) is 95.8 cm³/mol. The molecule has 25 heavy (non-hydrogen) atoms. The van der Waals surface area contributed by atoms with Crippen molar-refractivity contribution in [1.29, 1.82) is 0 Å². The minimum absolute atomic E-state index is 0.291. The number of rotatable bonds is 4. The molecular weight excluding hydrogens is 314 g/mol. The van der Waals surface area contributed by atoms with Crippen LogP contribution in [0.3, 0.4) is 0 Å². The summed E-state index contributed by atoms with van der Waals surface area (Å²) >= 11 is 0. The summed E-state index contributed by atoms with van der Waals surface area (Å²) in [5.41, 5.74) is 3.19. The maximum absolute atomic E-state index is 13.3. The Labute approximate surface area is 148 Å². The Kier molecular flexibility index (Phi) is 4.02. The number of aromatic amines is 1. The van der Waals surface area contributed by atoms with E-state index in [2.05, 4.69) is 22.0 Å². The van der Waals surface area contributed by atoms with Crippen molar-refractivity contribution in [1.82, 2.24) is 15.1 Å². The number of H-pyrrole nitrogens is 1. The van der Waals surface area contributed by atoms with Crippen molar-refractivity contribution in [3.8, 4) is 5.75 Å². The van der Waals surface area contributed by atoms with Gasteiger partial charge in [-0.2, -0.15) is 5.10 Å². The number of aryl methyl sites for hydroxylation is 1. The summed E-state index contributed by atoms with van der Waals surface area (Å²) in [5, 5.41) is 7.28. The fourth-order valence-corrected chi connectivity index (χ4v) is 4.13. The van der Waals surface area contributed by atoms with Crippen molar-refractivity contribution in [3.63, 3.8) is 0 Å². The Morgan fingerprint density at radius 1 is 1.32 bits per heavy atom. The van der Waals surface area contributed by atoms with E-state index in [1.54, 1.807) is 7.11 Å². The van der Waals surface area contributed by atoms with Crippen LogP contribution in [0, 0.1) is 6.92 Å². The van der Waals surface area contributed by atoms with Gasteiger partial charge in [0.25, 0.3) is 0 Å². The van der Waals surface area contributed by atoms with Crippen LogP contribution in [0.25, 0.3) is 0 Å². The fraction of sp³-hybridized carbons (Fsp3) is 0.500. The highest BCUT2D eigenvalue weighted by atomic mass is 16.5. The molecule has 1 aromatic carbocycles. The Balaban J connectivity index is 1.52. The summed E-state index contributed by atoms with van der Waals surface area (Å²) in [5.74, 6) is 1.49. The molecule has 2 fully saturated rings. The SMILES string of the molecule is COc1ccc(C2(C(=O)N3CCC[C@@H](c4[nH]ncc4C)C3)CC2)cc1. The van der Waals surface area contributed by atoms with Crippen molar-refractivity contribution in [2.24, 2.45) is 0 Å². The van der Waals surface area contributed by atoms with Crippen molar-refractivity contribution in [3.05, 3.63) is 47.3 Å². The number of nitrogens with one attached hydrogen (secondary N) is 1. The third-order valence-corrected chi connectivity index (χ3v) is 5.79. The molecule has 2 aliphatic rings. The lowest BCUT2D eigenvalue weighted by Gasteiger charge is -2.35. The summed E-state index contributed by atoms with van der Waals surface area (Å²) < 4.78 is 5.24. The van der Waals surface area contributed by atoms with Gasteiger partial charge >= 0.3 is 0 Å². The monoisotopic (exact) mass is 339 g/mol. The third-order valence-electron chi connectivity index (χ3n) is 5.79. The molecule has 5 heteroatoms. The molecule has 1 N–H and O–H groups in total. The van der Waals surface area contributed by atoms with E-state index in [9.17, 15) is 4.79 Å². The number of amides is 1. The molecule has 1 saturated carbocycles. The Morgan fingerprint density at radius 3 is 2.68 bits per heavy atom.